The highest BCUT2D eigenvalue weighted by Gasteiger charge is 2.51. The first-order valence-electron chi connectivity index (χ1n) is 5.68. The van der Waals surface area contributed by atoms with Crippen LogP contribution in [-0.2, 0) is 0 Å². The summed E-state index contributed by atoms with van der Waals surface area (Å²) in [5, 5.41) is 3.96. The lowest BCUT2D eigenvalue weighted by molar-refractivity contribution is 0.0318. The molecule has 2 saturated heterocycles. The summed E-state index contributed by atoms with van der Waals surface area (Å²) in [5.74, 6) is 0. The molecule has 1 spiro atoms. The first-order chi connectivity index (χ1) is 8.11. The van der Waals surface area contributed by atoms with E-state index >= 15 is 0 Å². The highest BCUT2D eigenvalue weighted by Crippen LogP contribution is 2.38. The third-order valence-corrected chi connectivity index (χ3v) is 3.96. The van der Waals surface area contributed by atoms with Crippen molar-refractivity contribution in [2.24, 2.45) is 0 Å². The van der Waals surface area contributed by atoms with E-state index in [9.17, 15) is 4.79 Å². The molecule has 0 aromatic carbocycles. The summed E-state index contributed by atoms with van der Waals surface area (Å²) in [5.41, 5.74) is 0.0181. The summed E-state index contributed by atoms with van der Waals surface area (Å²) >= 11 is 5.62. The van der Waals surface area contributed by atoms with E-state index < -0.39 is 0 Å². The van der Waals surface area contributed by atoms with Crippen LogP contribution in [0.1, 0.15) is 12.8 Å². The Hall–Kier alpha value is -1.14. The maximum absolute atomic E-state index is 12.2. The van der Waals surface area contributed by atoms with Gasteiger partial charge in [0.05, 0.1) is 5.54 Å². The van der Waals surface area contributed by atoms with E-state index in [0.717, 1.165) is 32.5 Å². The van der Waals surface area contributed by atoms with Crippen molar-refractivity contribution < 1.29 is 4.79 Å². The predicted octanol–water partition coefficient (Wildman–Crippen LogP) is 0.680. The number of hydrogen-bond donors (Lipinski definition) is 0. The number of likely N-dealkylation sites (tertiary alicyclic amines) is 2. The second-order valence-corrected chi connectivity index (χ2v) is 5.19. The highest BCUT2D eigenvalue weighted by atomic mass is 35.5. The second-order valence-electron chi connectivity index (χ2n) is 4.85. The van der Waals surface area contributed by atoms with Crippen LogP contribution in [-0.4, -0.2) is 62.8 Å². The molecule has 0 bridgehead atoms. The van der Waals surface area contributed by atoms with Crippen molar-refractivity contribution in [3.63, 3.8) is 0 Å². The molecule has 92 valence electrons. The normalized spacial score (nSPS) is 28.7. The minimum atomic E-state index is -0.119. The average molecular weight is 256 g/mol. The van der Waals surface area contributed by atoms with Crippen molar-refractivity contribution in [2.75, 3.05) is 26.7 Å². The zero-order chi connectivity index (χ0) is 12.0. The van der Waals surface area contributed by atoms with Crippen LogP contribution in [0.15, 0.2) is 6.33 Å². The number of halogens is 1. The summed E-state index contributed by atoms with van der Waals surface area (Å²) in [6.07, 6.45) is 3.48. The van der Waals surface area contributed by atoms with Crippen LogP contribution in [0.5, 0.6) is 0 Å². The lowest BCUT2D eigenvalue weighted by atomic mass is 9.84. The zero-order valence-corrected chi connectivity index (χ0v) is 10.4. The van der Waals surface area contributed by atoms with Gasteiger partial charge < -0.3 is 9.80 Å². The molecule has 0 aliphatic carbocycles. The number of amides is 1. The van der Waals surface area contributed by atoms with Gasteiger partial charge in [0.1, 0.15) is 6.33 Å². The van der Waals surface area contributed by atoms with Crippen molar-refractivity contribution in [1.29, 1.82) is 0 Å². The van der Waals surface area contributed by atoms with Gasteiger partial charge in [0.25, 0.3) is 0 Å². The van der Waals surface area contributed by atoms with Gasteiger partial charge in [-0.3, -0.25) is 0 Å². The number of rotatable bonds is 0. The van der Waals surface area contributed by atoms with E-state index in [0.29, 0.717) is 0 Å². The predicted molar refractivity (Wildman–Crippen MR) is 62.0 cm³/mol. The van der Waals surface area contributed by atoms with E-state index in [-0.39, 0.29) is 16.9 Å². The Kier molecular flexibility index (Phi) is 2.38. The van der Waals surface area contributed by atoms with E-state index in [1.54, 1.807) is 0 Å². The van der Waals surface area contributed by atoms with Crippen LogP contribution in [0.3, 0.4) is 0 Å². The first-order valence-corrected chi connectivity index (χ1v) is 6.06. The molecule has 7 heteroatoms. The van der Waals surface area contributed by atoms with Crippen LogP contribution in [0.4, 0.5) is 4.79 Å². The minimum absolute atomic E-state index is 0.0181. The Balaban J connectivity index is 1.79. The number of carbonyl (C=O) groups is 1. The molecule has 2 fully saturated rings. The minimum Gasteiger partial charge on any atom is -0.316 e. The molecule has 3 rings (SSSR count). The molecule has 1 amide bonds. The van der Waals surface area contributed by atoms with E-state index in [1.807, 2.05) is 4.90 Å². The molecule has 0 N–H and O–H groups in total. The molecule has 3 heterocycles. The quantitative estimate of drug-likeness (QED) is 0.684. The molecule has 0 radical (unpaired) electrons. The van der Waals surface area contributed by atoms with Gasteiger partial charge in [0.15, 0.2) is 0 Å². The summed E-state index contributed by atoms with van der Waals surface area (Å²) in [6, 6.07) is -0.119. The third-order valence-electron chi connectivity index (χ3n) is 3.79. The molecule has 1 unspecified atom stereocenters. The monoisotopic (exact) mass is 255 g/mol. The Labute approximate surface area is 104 Å². The fourth-order valence-electron chi connectivity index (χ4n) is 2.78. The van der Waals surface area contributed by atoms with Crippen molar-refractivity contribution in [1.82, 2.24) is 24.6 Å². The van der Waals surface area contributed by atoms with Gasteiger partial charge in [0, 0.05) is 19.6 Å². The molecular formula is C10H14ClN5O. The van der Waals surface area contributed by atoms with Crippen molar-refractivity contribution in [3.05, 3.63) is 11.6 Å². The maximum Gasteiger partial charge on any atom is 0.346 e. The van der Waals surface area contributed by atoms with Gasteiger partial charge in [-0.1, -0.05) is 0 Å². The number of carbonyl (C=O) groups excluding carboxylic acids is 1. The molecular weight excluding hydrogens is 242 g/mol. The maximum atomic E-state index is 12.2. The molecule has 2 aliphatic rings. The van der Waals surface area contributed by atoms with Gasteiger partial charge in [-0.25, -0.2) is 9.78 Å². The van der Waals surface area contributed by atoms with Crippen LogP contribution >= 0.6 is 11.6 Å². The fourth-order valence-corrected chi connectivity index (χ4v) is 2.91. The Morgan fingerprint density at radius 3 is 2.71 bits per heavy atom. The summed E-state index contributed by atoms with van der Waals surface area (Å²) in [7, 11) is 2.09. The molecule has 6 nitrogen and oxygen atoms in total. The Bertz CT molecular complexity index is 461. The van der Waals surface area contributed by atoms with Gasteiger partial charge in [-0.05, 0) is 31.5 Å². The zero-order valence-electron chi connectivity index (χ0n) is 9.64. The van der Waals surface area contributed by atoms with Crippen molar-refractivity contribution >= 4 is 17.6 Å². The molecule has 0 saturated carbocycles. The van der Waals surface area contributed by atoms with Gasteiger partial charge in [-0.15, -0.1) is 5.10 Å². The number of hydrogen-bond acceptors (Lipinski definition) is 4. The lowest BCUT2D eigenvalue weighted by Gasteiger charge is -2.50. The molecule has 17 heavy (non-hydrogen) atoms. The second kappa shape index (κ2) is 3.68. The molecule has 1 aromatic heterocycles. The topological polar surface area (TPSA) is 54.3 Å². The molecule has 1 aromatic rings. The SMILES string of the molecule is CN1CCC2(CCN2C(=O)n2cnc(Cl)n2)C1. The smallest absolute Gasteiger partial charge is 0.316 e. The van der Waals surface area contributed by atoms with Crippen LogP contribution < -0.4 is 0 Å². The third kappa shape index (κ3) is 1.63. The average Bonchev–Trinajstić information content (AvgIpc) is 2.84. The van der Waals surface area contributed by atoms with Gasteiger partial charge >= 0.3 is 6.03 Å². The van der Waals surface area contributed by atoms with Crippen LogP contribution in [0.2, 0.25) is 5.28 Å². The Morgan fingerprint density at radius 2 is 2.24 bits per heavy atom. The van der Waals surface area contributed by atoms with Gasteiger partial charge in [-0.2, -0.15) is 4.68 Å². The molecule has 2 aliphatic heterocycles. The number of aromatic nitrogens is 3. The largest absolute Gasteiger partial charge is 0.346 e. The van der Waals surface area contributed by atoms with E-state index in [4.69, 9.17) is 11.6 Å². The highest BCUT2D eigenvalue weighted by molar-refractivity contribution is 6.28. The summed E-state index contributed by atoms with van der Waals surface area (Å²) in [4.78, 5) is 20.1. The van der Waals surface area contributed by atoms with Crippen molar-refractivity contribution in [3.8, 4) is 0 Å². The molecule has 1 atom stereocenters. The van der Waals surface area contributed by atoms with E-state index in [2.05, 4.69) is 22.0 Å². The van der Waals surface area contributed by atoms with Crippen LogP contribution in [0, 0.1) is 0 Å². The van der Waals surface area contributed by atoms with Crippen molar-refractivity contribution in [2.45, 2.75) is 18.4 Å². The van der Waals surface area contributed by atoms with E-state index in [1.165, 1.54) is 11.0 Å². The van der Waals surface area contributed by atoms with Crippen LogP contribution in [0.25, 0.3) is 0 Å². The fraction of sp³-hybridized carbons (Fsp3) is 0.700. The van der Waals surface area contributed by atoms with Gasteiger partial charge in [0.2, 0.25) is 5.28 Å². The first kappa shape index (κ1) is 11.0. The number of likely N-dealkylation sites (N-methyl/N-ethyl adjacent to an activating group) is 1. The Morgan fingerprint density at radius 1 is 1.47 bits per heavy atom. The standard InChI is InChI=1S/C10H14ClN5O/c1-14-4-2-10(6-14)3-5-15(10)9(17)16-7-12-8(11)13-16/h7H,2-6H2,1H3. The number of nitrogens with zero attached hydrogens (tertiary/aromatic N) is 5. The summed E-state index contributed by atoms with van der Waals surface area (Å²) in [6.45, 7) is 2.78. The summed E-state index contributed by atoms with van der Waals surface area (Å²) < 4.78 is 1.22. The lowest BCUT2D eigenvalue weighted by Crippen LogP contribution is -2.64.